The van der Waals surface area contributed by atoms with Crippen molar-refractivity contribution in [1.29, 1.82) is 0 Å². The molecule has 2 unspecified atom stereocenters. The predicted molar refractivity (Wildman–Crippen MR) is 54.5 cm³/mol. The first-order chi connectivity index (χ1) is 6.38. The number of hydrogen-bond donors (Lipinski definition) is 1. The van der Waals surface area contributed by atoms with Crippen LogP contribution in [0.15, 0.2) is 0 Å². The van der Waals surface area contributed by atoms with Crippen molar-refractivity contribution in [2.24, 2.45) is 0 Å². The van der Waals surface area contributed by atoms with Crippen molar-refractivity contribution in [3.8, 4) is 12.3 Å². The van der Waals surface area contributed by atoms with E-state index in [1.54, 1.807) is 7.11 Å². The summed E-state index contributed by atoms with van der Waals surface area (Å²) in [4.78, 5) is 0. The molecule has 1 aliphatic rings. The Morgan fingerprint density at radius 1 is 1.38 bits per heavy atom. The highest BCUT2D eigenvalue weighted by atomic mass is 16.5. The van der Waals surface area contributed by atoms with Crippen LogP contribution in [0.3, 0.4) is 0 Å². The van der Waals surface area contributed by atoms with Gasteiger partial charge >= 0.3 is 0 Å². The molecule has 2 heteroatoms. The Kier molecular flexibility index (Phi) is 4.88. The van der Waals surface area contributed by atoms with E-state index >= 15 is 0 Å². The van der Waals surface area contributed by atoms with Crippen LogP contribution in [0.1, 0.15) is 32.1 Å². The van der Waals surface area contributed by atoms with Crippen molar-refractivity contribution in [3.63, 3.8) is 0 Å². The molecule has 2 atom stereocenters. The van der Waals surface area contributed by atoms with E-state index in [-0.39, 0.29) is 0 Å². The van der Waals surface area contributed by atoms with E-state index in [1.165, 1.54) is 32.1 Å². The summed E-state index contributed by atoms with van der Waals surface area (Å²) in [7, 11) is 1.79. The second-order valence-electron chi connectivity index (χ2n) is 3.60. The largest absolute Gasteiger partial charge is 0.380 e. The third-order valence-electron chi connectivity index (χ3n) is 2.72. The zero-order valence-electron chi connectivity index (χ0n) is 8.38. The molecule has 13 heavy (non-hydrogen) atoms. The van der Waals surface area contributed by atoms with E-state index in [9.17, 15) is 0 Å². The maximum absolute atomic E-state index is 5.45. The number of methoxy groups -OCH3 is 1. The number of nitrogens with one attached hydrogen (secondary N) is 1. The average molecular weight is 181 g/mol. The Hall–Kier alpha value is -0.520. The number of rotatable bonds is 3. The third kappa shape index (κ3) is 3.38. The first-order valence-electron chi connectivity index (χ1n) is 5.08. The molecule has 0 spiro atoms. The maximum Gasteiger partial charge on any atom is 0.0724 e. The van der Waals surface area contributed by atoms with Crippen LogP contribution in [0.25, 0.3) is 0 Å². The highest BCUT2D eigenvalue weighted by Gasteiger charge is 2.22. The van der Waals surface area contributed by atoms with Gasteiger partial charge in [-0.2, -0.15) is 0 Å². The van der Waals surface area contributed by atoms with E-state index in [4.69, 9.17) is 11.2 Å². The molecule has 0 aliphatic heterocycles. The summed E-state index contributed by atoms with van der Waals surface area (Å²) in [5, 5.41) is 3.35. The van der Waals surface area contributed by atoms with Crippen LogP contribution >= 0.6 is 0 Å². The fraction of sp³-hybridized carbons (Fsp3) is 0.818. The molecule has 2 nitrogen and oxygen atoms in total. The minimum Gasteiger partial charge on any atom is -0.380 e. The summed E-state index contributed by atoms with van der Waals surface area (Å²) >= 11 is 0. The fourth-order valence-corrected chi connectivity index (χ4v) is 1.98. The molecule has 0 aromatic heterocycles. The van der Waals surface area contributed by atoms with E-state index in [0.717, 1.165) is 0 Å². The van der Waals surface area contributed by atoms with Crippen molar-refractivity contribution in [3.05, 3.63) is 0 Å². The zero-order chi connectivity index (χ0) is 9.52. The minimum atomic E-state index is 0.357. The fourth-order valence-electron chi connectivity index (χ4n) is 1.98. The summed E-state index contributed by atoms with van der Waals surface area (Å²) in [6.45, 7) is 0.657. The van der Waals surface area contributed by atoms with E-state index in [1.807, 2.05) is 0 Å². The van der Waals surface area contributed by atoms with Gasteiger partial charge in [-0.25, -0.2) is 0 Å². The Labute approximate surface area is 81.0 Å². The number of ether oxygens (including phenoxy) is 1. The lowest BCUT2D eigenvalue weighted by Crippen LogP contribution is -2.40. The standard InChI is InChI=1S/C11H19NO/c1-3-9-12-10-7-5-4-6-8-11(10)13-2/h1,10-12H,4-9H2,2H3. The summed E-state index contributed by atoms with van der Waals surface area (Å²) < 4.78 is 5.45. The molecule has 0 aromatic carbocycles. The smallest absolute Gasteiger partial charge is 0.0724 e. The van der Waals surface area contributed by atoms with E-state index < -0.39 is 0 Å². The second kappa shape index (κ2) is 6.01. The Morgan fingerprint density at radius 2 is 2.15 bits per heavy atom. The van der Waals surface area contributed by atoms with Gasteiger partial charge in [-0.3, -0.25) is 0 Å². The van der Waals surface area contributed by atoms with Crippen LogP contribution in [-0.2, 0) is 4.74 Å². The van der Waals surface area contributed by atoms with Gasteiger partial charge in [0.15, 0.2) is 0 Å². The molecular weight excluding hydrogens is 162 g/mol. The predicted octanol–water partition coefficient (Wildman–Crippen LogP) is 1.56. The van der Waals surface area contributed by atoms with Gasteiger partial charge in [-0.15, -0.1) is 6.42 Å². The topological polar surface area (TPSA) is 21.3 Å². The summed E-state index contributed by atoms with van der Waals surface area (Å²) in [5.41, 5.74) is 0. The van der Waals surface area contributed by atoms with Gasteiger partial charge < -0.3 is 10.1 Å². The highest BCUT2D eigenvalue weighted by molar-refractivity contribution is 4.90. The normalized spacial score (nSPS) is 29.2. The van der Waals surface area contributed by atoms with Gasteiger partial charge in [0.25, 0.3) is 0 Å². The monoisotopic (exact) mass is 181 g/mol. The van der Waals surface area contributed by atoms with Crippen LogP contribution in [0, 0.1) is 12.3 Å². The third-order valence-corrected chi connectivity index (χ3v) is 2.72. The van der Waals surface area contributed by atoms with Crippen LogP contribution in [0.5, 0.6) is 0 Å². The number of terminal acetylenes is 1. The van der Waals surface area contributed by atoms with Gasteiger partial charge in [0.1, 0.15) is 0 Å². The maximum atomic E-state index is 5.45. The average Bonchev–Trinajstić information content (AvgIpc) is 2.39. The molecular formula is C11H19NO. The SMILES string of the molecule is C#CCNC1CCCCCC1OC. The first kappa shape index (κ1) is 10.6. The summed E-state index contributed by atoms with van der Waals surface area (Å²) in [5.74, 6) is 2.61. The molecule has 0 aromatic rings. The lowest BCUT2D eigenvalue weighted by atomic mass is 10.1. The first-order valence-corrected chi connectivity index (χ1v) is 5.08. The van der Waals surface area contributed by atoms with Crippen LogP contribution in [0.2, 0.25) is 0 Å². The van der Waals surface area contributed by atoms with Crippen LogP contribution in [0.4, 0.5) is 0 Å². The summed E-state index contributed by atoms with van der Waals surface area (Å²) in [6.07, 6.45) is 11.8. The van der Waals surface area contributed by atoms with Crippen molar-refractivity contribution < 1.29 is 4.74 Å². The molecule has 0 heterocycles. The van der Waals surface area contributed by atoms with Crippen molar-refractivity contribution in [2.75, 3.05) is 13.7 Å². The molecule has 1 saturated carbocycles. The molecule has 1 rings (SSSR count). The van der Waals surface area contributed by atoms with E-state index in [0.29, 0.717) is 18.7 Å². The Bertz CT molecular complexity index is 173. The van der Waals surface area contributed by atoms with Gasteiger partial charge in [-0.1, -0.05) is 25.2 Å². The molecule has 0 saturated heterocycles. The lowest BCUT2D eigenvalue weighted by molar-refractivity contribution is 0.0645. The quantitative estimate of drug-likeness (QED) is 0.527. The molecule has 74 valence electrons. The highest BCUT2D eigenvalue weighted by Crippen LogP contribution is 2.19. The molecule has 0 amide bonds. The molecule has 1 N–H and O–H groups in total. The number of hydrogen-bond acceptors (Lipinski definition) is 2. The Balaban J connectivity index is 2.40. The van der Waals surface area contributed by atoms with Crippen molar-refractivity contribution >= 4 is 0 Å². The Morgan fingerprint density at radius 3 is 2.85 bits per heavy atom. The summed E-state index contributed by atoms with van der Waals surface area (Å²) in [6, 6.07) is 0.462. The van der Waals surface area contributed by atoms with Crippen LogP contribution < -0.4 is 5.32 Å². The molecule has 0 bridgehead atoms. The molecule has 1 fully saturated rings. The lowest BCUT2D eigenvalue weighted by Gasteiger charge is -2.23. The van der Waals surface area contributed by atoms with Gasteiger partial charge in [-0.05, 0) is 12.8 Å². The van der Waals surface area contributed by atoms with Gasteiger partial charge in [0, 0.05) is 13.2 Å². The molecule has 0 radical (unpaired) electrons. The molecule has 1 aliphatic carbocycles. The van der Waals surface area contributed by atoms with Gasteiger partial charge in [0.05, 0.1) is 12.6 Å². The van der Waals surface area contributed by atoms with E-state index in [2.05, 4.69) is 11.2 Å². The van der Waals surface area contributed by atoms with Crippen molar-refractivity contribution in [2.45, 2.75) is 44.2 Å². The van der Waals surface area contributed by atoms with Gasteiger partial charge in [0.2, 0.25) is 0 Å². The van der Waals surface area contributed by atoms with Crippen molar-refractivity contribution in [1.82, 2.24) is 5.32 Å². The minimum absolute atomic E-state index is 0.357. The second-order valence-corrected chi connectivity index (χ2v) is 3.60. The van der Waals surface area contributed by atoms with Crippen LogP contribution in [-0.4, -0.2) is 25.8 Å². The zero-order valence-corrected chi connectivity index (χ0v) is 8.38.